The Labute approximate surface area is 90.1 Å². The van der Waals surface area contributed by atoms with Crippen LogP contribution in [0.2, 0.25) is 5.02 Å². The zero-order valence-electron chi connectivity index (χ0n) is 7.09. The van der Waals surface area contributed by atoms with Gasteiger partial charge in [-0.2, -0.15) is 0 Å². The topological polar surface area (TPSA) is 31.4 Å². The number of hydrogen-bond acceptors (Lipinski definition) is 3. The molecule has 0 amide bonds. The Morgan fingerprint density at radius 1 is 1.54 bits per heavy atom. The molecule has 0 spiro atoms. The summed E-state index contributed by atoms with van der Waals surface area (Å²) in [4.78, 5) is 3.99. The van der Waals surface area contributed by atoms with E-state index < -0.39 is 0 Å². The molecule has 1 rings (SSSR count). The normalized spacial score (nSPS) is 10.1. The summed E-state index contributed by atoms with van der Waals surface area (Å²) in [6, 6.07) is 1.73. The van der Waals surface area contributed by atoms with Crippen molar-refractivity contribution in [2.45, 2.75) is 0 Å². The standard InChI is InChI=1S/C8H9BrClNO2/c1-12-2-3-13-8-7(9)4-6(10)5-11-8/h4-5H,2-3H2,1H3. The van der Waals surface area contributed by atoms with E-state index >= 15 is 0 Å². The molecular weight excluding hydrogens is 257 g/mol. The van der Waals surface area contributed by atoms with E-state index in [-0.39, 0.29) is 0 Å². The van der Waals surface area contributed by atoms with Gasteiger partial charge in [0.2, 0.25) is 5.88 Å². The molecule has 0 unspecified atom stereocenters. The van der Waals surface area contributed by atoms with Gasteiger partial charge in [0.25, 0.3) is 0 Å². The molecule has 0 aliphatic carbocycles. The fourth-order valence-corrected chi connectivity index (χ4v) is 1.48. The van der Waals surface area contributed by atoms with Crippen LogP contribution in [0, 0.1) is 0 Å². The predicted octanol–water partition coefficient (Wildman–Crippen LogP) is 2.52. The van der Waals surface area contributed by atoms with E-state index in [1.54, 1.807) is 13.2 Å². The SMILES string of the molecule is COCCOc1ncc(Cl)cc1Br. The van der Waals surface area contributed by atoms with Crippen LogP contribution in [0.1, 0.15) is 0 Å². The third-order valence-electron chi connectivity index (χ3n) is 1.30. The Bertz CT molecular complexity index is 283. The third-order valence-corrected chi connectivity index (χ3v) is 2.08. The zero-order chi connectivity index (χ0) is 9.68. The molecular formula is C8H9BrClNO2. The van der Waals surface area contributed by atoms with Gasteiger partial charge >= 0.3 is 0 Å². The lowest BCUT2D eigenvalue weighted by Gasteiger charge is -2.05. The van der Waals surface area contributed by atoms with Gasteiger partial charge in [-0.05, 0) is 22.0 Å². The van der Waals surface area contributed by atoms with Gasteiger partial charge < -0.3 is 9.47 Å². The zero-order valence-corrected chi connectivity index (χ0v) is 9.43. The number of rotatable bonds is 4. The lowest BCUT2D eigenvalue weighted by molar-refractivity contribution is 0.143. The number of halogens is 2. The van der Waals surface area contributed by atoms with Crippen LogP contribution < -0.4 is 4.74 Å². The van der Waals surface area contributed by atoms with Crippen LogP contribution in [-0.4, -0.2) is 25.3 Å². The van der Waals surface area contributed by atoms with Gasteiger partial charge in [0.1, 0.15) is 6.61 Å². The maximum Gasteiger partial charge on any atom is 0.228 e. The molecule has 1 heterocycles. The number of pyridine rings is 1. The monoisotopic (exact) mass is 265 g/mol. The van der Waals surface area contributed by atoms with E-state index in [0.29, 0.717) is 24.1 Å². The average molecular weight is 267 g/mol. The minimum Gasteiger partial charge on any atom is -0.474 e. The maximum atomic E-state index is 5.71. The third kappa shape index (κ3) is 3.50. The first-order chi connectivity index (χ1) is 6.24. The van der Waals surface area contributed by atoms with E-state index in [4.69, 9.17) is 21.1 Å². The van der Waals surface area contributed by atoms with Gasteiger partial charge in [-0.3, -0.25) is 0 Å². The molecule has 0 bridgehead atoms. The summed E-state index contributed by atoms with van der Waals surface area (Å²) in [6.45, 7) is 1.01. The summed E-state index contributed by atoms with van der Waals surface area (Å²) in [5, 5.41) is 0.575. The fourth-order valence-electron chi connectivity index (χ4n) is 0.730. The second kappa shape index (κ2) is 5.42. The van der Waals surface area contributed by atoms with Crippen molar-refractivity contribution in [2.24, 2.45) is 0 Å². The minimum atomic E-state index is 0.476. The van der Waals surface area contributed by atoms with Crippen molar-refractivity contribution >= 4 is 27.5 Å². The molecule has 3 nitrogen and oxygen atoms in total. The molecule has 0 radical (unpaired) electrons. The first-order valence-corrected chi connectivity index (χ1v) is 4.84. The van der Waals surface area contributed by atoms with Gasteiger partial charge in [0.05, 0.1) is 16.1 Å². The molecule has 0 fully saturated rings. The highest BCUT2D eigenvalue weighted by atomic mass is 79.9. The van der Waals surface area contributed by atoms with Crippen molar-refractivity contribution in [3.63, 3.8) is 0 Å². The molecule has 1 aromatic heterocycles. The molecule has 13 heavy (non-hydrogen) atoms. The van der Waals surface area contributed by atoms with Gasteiger partial charge in [-0.1, -0.05) is 11.6 Å². The van der Waals surface area contributed by atoms with E-state index in [9.17, 15) is 0 Å². The summed E-state index contributed by atoms with van der Waals surface area (Å²) >= 11 is 8.99. The van der Waals surface area contributed by atoms with Gasteiger partial charge in [0, 0.05) is 13.3 Å². The van der Waals surface area contributed by atoms with Crippen molar-refractivity contribution in [1.82, 2.24) is 4.98 Å². The molecule has 0 saturated carbocycles. The molecule has 72 valence electrons. The smallest absolute Gasteiger partial charge is 0.228 e. The van der Waals surface area contributed by atoms with Crippen LogP contribution >= 0.6 is 27.5 Å². The van der Waals surface area contributed by atoms with Crippen LogP contribution in [0.5, 0.6) is 5.88 Å². The molecule has 0 saturated heterocycles. The Morgan fingerprint density at radius 3 is 2.92 bits per heavy atom. The van der Waals surface area contributed by atoms with Gasteiger partial charge in [-0.25, -0.2) is 4.98 Å². The van der Waals surface area contributed by atoms with Crippen molar-refractivity contribution in [3.05, 3.63) is 21.8 Å². The van der Waals surface area contributed by atoms with E-state index in [2.05, 4.69) is 20.9 Å². The van der Waals surface area contributed by atoms with E-state index in [1.807, 2.05) is 0 Å². The van der Waals surface area contributed by atoms with Crippen LogP contribution in [0.3, 0.4) is 0 Å². The number of ether oxygens (including phenoxy) is 2. The van der Waals surface area contributed by atoms with E-state index in [1.165, 1.54) is 6.20 Å². The summed E-state index contributed by atoms with van der Waals surface area (Å²) < 4.78 is 10.9. The van der Waals surface area contributed by atoms with Crippen LogP contribution in [0.4, 0.5) is 0 Å². The highest BCUT2D eigenvalue weighted by molar-refractivity contribution is 9.10. The maximum absolute atomic E-state index is 5.71. The van der Waals surface area contributed by atoms with E-state index in [0.717, 1.165) is 4.47 Å². The average Bonchev–Trinajstić information content (AvgIpc) is 2.09. The molecule has 0 aromatic carbocycles. The van der Waals surface area contributed by atoms with Crippen molar-refractivity contribution in [2.75, 3.05) is 20.3 Å². The molecule has 0 N–H and O–H groups in total. The summed E-state index contributed by atoms with van der Waals surface area (Å²) in [5.41, 5.74) is 0. The number of hydrogen-bond donors (Lipinski definition) is 0. The van der Waals surface area contributed by atoms with Crippen molar-refractivity contribution in [1.29, 1.82) is 0 Å². The Hall–Kier alpha value is -0.320. The molecule has 0 aliphatic rings. The first kappa shape index (κ1) is 10.8. The Balaban J connectivity index is 2.56. The molecule has 1 aromatic rings. The quantitative estimate of drug-likeness (QED) is 0.785. The lowest BCUT2D eigenvalue weighted by Crippen LogP contribution is -2.05. The number of aromatic nitrogens is 1. The van der Waals surface area contributed by atoms with Gasteiger partial charge in [0.15, 0.2) is 0 Å². The van der Waals surface area contributed by atoms with Crippen LogP contribution in [0.15, 0.2) is 16.7 Å². The minimum absolute atomic E-state index is 0.476. The van der Waals surface area contributed by atoms with Crippen LogP contribution in [0.25, 0.3) is 0 Å². The van der Waals surface area contributed by atoms with Gasteiger partial charge in [-0.15, -0.1) is 0 Å². The second-order valence-corrected chi connectivity index (χ2v) is 3.57. The Kier molecular flexibility index (Phi) is 4.48. The van der Waals surface area contributed by atoms with Crippen LogP contribution in [-0.2, 0) is 4.74 Å². The molecule has 5 heteroatoms. The largest absolute Gasteiger partial charge is 0.474 e. The highest BCUT2D eigenvalue weighted by Crippen LogP contribution is 2.24. The van der Waals surface area contributed by atoms with Crippen molar-refractivity contribution < 1.29 is 9.47 Å². The summed E-state index contributed by atoms with van der Waals surface area (Å²) in [6.07, 6.45) is 1.54. The number of nitrogens with zero attached hydrogens (tertiary/aromatic N) is 1. The lowest BCUT2D eigenvalue weighted by atomic mass is 10.5. The first-order valence-electron chi connectivity index (χ1n) is 3.67. The molecule has 0 atom stereocenters. The second-order valence-electron chi connectivity index (χ2n) is 2.28. The number of methoxy groups -OCH3 is 1. The molecule has 0 aliphatic heterocycles. The predicted molar refractivity (Wildman–Crippen MR) is 54.3 cm³/mol. The van der Waals surface area contributed by atoms with Crippen molar-refractivity contribution in [3.8, 4) is 5.88 Å². The Morgan fingerprint density at radius 2 is 2.31 bits per heavy atom. The summed E-state index contributed by atoms with van der Waals surface area (Å²) in [7, 11) is 1.62. The highest BCUT2D eigenvalue weighted by Gasteiger charge is 2.02. The summed E-state index contributed by atoms with van der Waals surface area (Å²) in [5.74, 6) is 0.529. The fraction of sp³-hybridized carbons (Fsp3) is 0.375.